The lowest BCUT2D eigenvalue weighted by Gasteiger charge is -2.10. The normalized spacial score (nSPS) is 11.6. The van der Waals surface area contributed by atoms with Crippen LogP contribution in [0.25, 0.3) is 88.4 Å². The Morgan fingerprint density at radius 2 is 0.600 bits per heavy atom. The van der Waals surface area contributed by atoms with Crippen LogP contribution < -0.4 is 0 Å². The van der Waals surface area contributed by atoms with Crippen LogP contribution in [0.15, 0.2) is 194 Å². The van der Waals surface area contributed by atoms with E-state index in [-0.39, 0.29) is 0 Å². The lowest BCUT2D eigenvalue weighted by Crippen LogP contribution is -1.93. The first kappa shape index (κ1) is 28.4. The molecule has 0 aliphatic carbocycles. The minimum absolute atomic E-state index is 1.16. The van der Waals surface area contributed by atoms with Crippen molar-refractivity contribution in [3.8, 4) is 44.8 Å². The quantitative estimate of drug-likeness (QED) is 0.178. The van der Waals surface area contributed by atoms with Crippen LogP contribution in [0, 0.1) is 0 Å². The van der Waals surface area contributed by atoms with E-state index in [9.17, 15) is 0 Å². The molecular weight excluding hydrogens is 605 g/mol. The summed E-state index contributed by atoms with van der Waals surface area (Å²) in [6, 6.07) is 70.4. The third-order valence-corrected chi connectivity index (χ3v) is 10.1. The third kappa shape index (κ3) is 4.57. The van der Waals surface area contributed by atoms with Crippen LogP contribution in [-0.4, -0.2) is 9.13 Å². The van der Waals surface area contributed by atoms with Crippen molar-refractivity contribution in [1.82, 2.24) is 9.13 Å². The number of aromatic nitrogens is 2. The van der Waals surface area contributed by atoms with Crippen LogP contribution >= 0.6 is 0 Å². The maximum Gasteiger partial charge on any atom is 0.0547 e. The highest BCUT2D eigenvalue weighted by atomic mass is 15.0. The van der Waals surface area contributed by atoms with Gasteiger partial charge < -0.3 is 9.13 Å². The minimum atomic E-state index is 1.16. The van der Waals surface area contributed by atoms with E-state index in [1.165, 1.54) is 82.7 Å². The predicted octanol–water partition coefficient (Wildman–Crippen LogP) is 12.9. The fraction of sp³-hybridized carbons (Fsp3) is 0. The molecule has 0 aliphatic rings. The molecule has 0 N–H and O–H groups in total. The van der Waals surface area contributed by atoms with Gasteiger partial charge in [0, 0.05) is 32.9 Å². The number of fused-ring (bicyclic) bond motifs is 6. The van der Waals surface area contributed by atoms with Crippen molar-refractivity contribution < 1.29 is 0 Å². The van der Waals surface area contributed by atoms with Crippen molar-refractivity contribution in [1.29, 1.82) is 0 Å². The fourth-order valence-electron chi connectivity index (χ4n) is 7.73. The van der Waals surface area contributed by atoms with E-state index >= 15 is 0 Å². The van der Waals surface area contributed by atoms with Gasteiger partial charge in [0.15, 0.2) is 0 Å². The van der Waals surface area contributed by atoms with Crippen molar-refractivity contribution >= 4 is 43.6 Å². The molecule has 2 aromatic heterocycles. The second kappa shape index (κ2) is 11.5. The molecular formula is C48H32N2. The standard InChI is InChI=1S/C48H32N2/c1-4-12-33(13-5-1)34-20-22-35(23-21-34)36-25-28-47-44(30-36)42-27-24-38(32-48(42)50(47)40-16-8-3-9-17-40)37-26-29-46-43(31-37)41-18-10-11-19-45(41)49(46)39-14-6-2-7-15-39/h1-32H. The molecule has 50 heavy (non-hydrogen) atoms. The summed E-state index contributed by atoms with van der Waals surface area (Å²) >= 11 is 0. The molecule has 2 heterocycles. The summed E-state index contributed by atoms with van der Waals surface area (Å²) < 4.78 is 4.79. The fourth-order valence-corrected chi connectivity index (χ4v) is 7.73. The van der Waals surface area contributed by atoms with Gasteiger partial charge in [-0.25, -0.2) is 0 Å². The van der Waals surface area contributed by atoms with Crippen molar-refractivity contribution in [2.45, 2.75) is 0 Å². The van der Waals surface area contributed by atoms with Gasteiger partial charge in [-0.15, -0.1) is 0 Å². The number of benzene rings is 8. The van der Waals surface area contributed by atoms with Gasteiger partial charge in [-0.3, -0.25) is 0 Å². The van der Waals surface area contributed by atoms with Crippen molar-refractivity contribution in [2.24, 2.45) is 0 Å². The Morgan fingerprint density at radius 3 is 1.22 bits per heavy atom. The van der Waals surface area contributed by atoms with Crippen LogP contribution in [0.1, 0.15) is 0 Å². The highest BCUT2D eigenvalue weighted by Gasteiger charge is 2.17. The van der Waals surface area contributed by atoms with Gasteiger partial charge in [0.05, 0.1) is 22.1 Å². The van der Waals surface area contributed by atoms with E-state index in [4.69, 9.17) is 0 Å². The number of nitrogens with zero attached hydrogens (tertiary/aromatic N) is 2. The van der Waals surface area contributed by atoms with Crippen LogP contribution in [0.4, 0.5) is 0 Å². The van der Waals surface area contributed by atoms with E-state index in [2.05, 4.69) is 203 Å². The zero-order valence-electron chi connectivity index (χ0n) is 27.4. The second-order valence-electron chi connectivity index (χ2n) is 13.0. The van der Waals surface area contributed by atoms with Gasteiger partial charge >= 0.3 is 0 Å². The molecule has 10 rings (SSSR count). The summed E-state index contributed by atoms with van der Waals surface area (Å²) in [5, 5.41) is 5.02. The zero-order valence-corrected chi connectivity index (χ0v) is 27.4. The maximum absolute atomic E-state index is 2.41. The highest BCUT2D eigenvalue weighted by Crippen LogP contribution is 2.39. The summed E-state index contributed by atoms with van der Waals surface area (Å²) in [5.74, 6) is 0. The molecule has 0 bridgehead atoms. The predicted molar refractivity (Wildman–Crippen MR) is 211 cm³/mol. The molecule has 0 saturated heterocycles. The van der Waals surface area contributed by atoms with Gasteiger partial charge in [0.1, 0.15) is 0 Å². The number of hydrogen-bond donors (Lipinski definition) is 0. The number of rotatable bonds is 5. The Hall–Kier alpha value is -6.64. The number of para-hydroxylation sites is 3. The van der Waals surface area contributed by atoms with Gasteiger partial charge in [0.2, 0.25) is 0 Å². The second-order valence-corrected chi connectivity index (χ2v) is 13.0. The van der Waals surface area contributed by atoms with Crippen molar-refractivity contribution in [2.75, 3.05) is 0 Å². The lowest BCUT2D eigenvalue weighted by molar-refractivity contribution is 1.18. The van der Waals surface area contributed by atoms with Gasteiger partial charge in [-0.1, -0.05) is 133 Å². The molecule has 8 aromatic carbocycles. The van der Waals surface area contributed by atoms with Crippen LogP contribution in [0.5, 0.6) is 0 Å². The molecule has 0 spiro atoms. The van der Waals surface area contributed by atoms with E-state index in [1.807, 2.05) is 0 Å². The van der Waals surface area contributed by atoms with Crippen molar-refractivity contribution in [3.05, 3.63) is 194 Å². The SMILES string of the molecule is c1ccc(-c2ccc(-c3ccc4c(c3)c3ccc(-c5ccc6c(c5)c5ccccc5n6-c5ccccc5)cc3n4-c3ccccc3)cc2)cc1. The van der Waals surface area contributed by atoms with E-state index in [0.29, 0.717) is 0 Å². The Labute approximate surface area is 290 Å². The Kier molecular flexibility index (Phi) is 6.53. The molecule has 0 atom stereocenters. The van der Waals surface area contributed by atoms with Crippen LogP contribution in [0.3, 0.4) is 0 Å². The Morgan fingerprint density at radius 1 is 0.220 bits per heavy atom. The van der Waals surface area contributed by atoms with E-state index in [1.54, 1.807) is 0 Å². The molecule has 0 fully saturated rings. The molecule has 0 saturated carbocycles. The summed E-state index contributed by atoms with van der Waals surface area (Å²) in [6.07, 6.45) is 0. The third-order valence-electron chi connectivity index (χ3n) is 10.1. The summed E-state index contributed by atoms with van der Waals surface area (Å²) in [4.78, 5) is 0. The van der Waals surface area contributed by atoms with Crippen LogP contribution in [0.2, 0.25) is 0 Å². The monoisotopic (exact) mass is 636 g/mol. The van der Waals surface area contributed by atoms with E-state index < -0.39 is 0 Å². The molecule has 0 amide bonds. The minimum Gasteiger partial charge on any atom is -0.309 e. The average Bonchev–Trinajstić information content (AvgIpc) is 3.70. The Bertz CT molecular complexity index is 2820. The zero-order chi connectivity index (χ0) is 33.0. The first-order chi connectivity index (χ1) is 24.8. The number of hydrogen-bond acceptors (Lipinski definition) is 0. The smallest absolute Gasteiger partial charge is 0.0547 e. The summed E-state index contributed by atoms with van der Waals surface area (Å²) in [6.45, 7) is 0. The van der Waals surface area contributed by atoms with Gasteiger partial charge in [-0.05, 0) is 94.0 Å². The average molecular weight is 637 g/mol. The van der Waals surface area contributed by atoms with Gasteiger partial charge in [0.25, 0.3) is 0 Å². The lowest BCUT2D eigenvalue weighted by atomic mass is 9.98. The first-order valence-corrected chi connectivity index (χ1v) is 17.2. The molecule has 10 aromatic rings. The Balaban J connectivity index is 1.13. The van der Waals surface area contributed by atoms with Crippen LogP contribution in [-0.2, 0) is 0 Å². The maximum atomic E-state index is 2.41. The highest BCUT2D eigenvalue weighted by molar-refractivity contribution is 6.13. The molecule has 2 nitrogen and oxygen atoms in total. The van der Waals surface area contributed by atoms with Gasteiger partial charge in [-0.2, -0.15) is 0 Å². The first-order valence-electron chi connectivity index (χ1n) is 17.2. The summed E-state index contributed by atoms with van der Waals surface area (Å²) in [5.41, 5.74) is 14.5. The molecule has 234 valence electrons. The van der Waals surface area contributed by atoms with Crippen molar-refractivity contribution in [3.63, 3.8) is 0 Å². The van der Waals surface area contributed by atoms with E-state index in [0.717, 1.165) is 5.69 Å². The topological polar surface area (TPSA) is 9.86 Å². The summed E-state index contributed by atoms with van der Waals surface area (Å²) in [7, 11) is 0. The molecule has 0 unspecified atom stereocenters. The molecule has 0 radical (unpaired) electrons. The largest absolute Gasteiger partial charge is 0.309 e. The molecule has 2 heteroatoms. The molecule has 0 aliphatic heterocycles.